The van der Waals surface area contributed by atoms with Gasteiger partial charge < -0.3 is 46.4 Å². The summed E-state index contributed by atoms with van der Waals surface area (Å²) in [6, 6.07) is 39.7. The molecule has 5 aliphatic rings. The number of hydrogen-bond acceptors (Lipinski definition) is 16. The summed E-state index contributed by atoms with van der Waals surface area (Å²) in [7, 11) is 0. The molecule has 0 aliphatic carbocycles. The molecule has 0 unspecified atom stereocenters. The fourth-order valence-electron chi connectivity index (χ4n) is 9.88. The zero-order valence-electron chi connectivity index (χ0n) is 43.1. The molecule has 16 nitrogen and oxygen atoms in total. The molecule has 7 N–H and O–H groups in total. The standard InChI is InChI=1S/2C20H19N3O2S.C7H6N2S.C7H6O2.C6H9NO/c2*21-12-26-15-6-7-17-16(10-15)19(23-8-2-5-20(23)25)11-18(22-17)13-3-1-4-14(24)9-13;8-5-10-7-3-1-6(9)2-4-7;8-5-6-2-1-3-7(9)4-6;1-2-7-5-3-4-6(7)8/h2*1,3-4,6-7,9-10,18-19,22,24H,2,5,8,11H2;1-4H,9H2;1-5,9H;2H,1,3-5H2/t2*18-,19-;;;/m00.../s1. The number of nitrogens with zero attached hydrogens (tertiary/aromatic N) is 6. The maximum absolute atomic E-state index is 12.4. The van der Waals surface area contributed by atoms with E-state index in [1.165, 1.54) is 12.1 Å². The number of anilines is 3. The lowest BCUT2D eigenvalue weighted by atomic mass is 9.88. The van der Waals surface area contributed by atoms with Crippen LogP contribution in [0, 0.1) is 32.0 Å². The molecule has 5 heterocycles. The van der Waals surface area contributed by atoms with Gasteiger partial charge in [-0.05, 0) is 193 Å². The Morgan fingerprint density at radius 2 is 0.987 bits per heavy atom. The quantitative estimate of drug-likeness (QED) is 0.0340. The summed E-state index contributed by atoms with van der Waals surface area (Å²) in [5.74, 6) is 1.20. The molecule has 3 saturated heterocycles. The number of phenols is 3. The predicted octanol–water partition coefficient (Wildman–Crippen LogP) is 12.2. The molecule has 404 valence electrons. The first kappa shape index (κ1) is 58.1. The molecule has 3 amide bonds. The van der Waals surface area contributed by atoms with E-state index in [1.807, 2.05) is 88.0 Å². The number of benzene rings is 6. The Bertz CT molecular complexity index is 3120. The fraction of sp³-hybridized carbons (Fsp3) is 0.250. The second-order valence-electron chi connectivity index (χ2n) is 18.7. The van der Waals surface area contributed by atoms with Gasteiger partial charge in [0.25, 0.3) is 0 Å². The van der Waals surface area contributed by atoms with E-state index in [9.17, 15) is 29.4 Å². The van der Waals surface area contributed by atoms with Gasteiger partial charge in [-0.15, -0.1) is 0 Å². The number of nitrogen functional groups attached to an aromatic ring is 1. The van der Waals surface area contributed by atoms with Crippen molar-refractivity contribution in [1.29, 1.82) is 15.8 Å². The van der Waals surface area contributed by atoms with Gasteiger partial charge in [0, 0.05) is 76.2 Å². The normalized spacial score (nSPS) is 18.4. The molecule has 79 heavy (non-hydrogen) atoms. The molecule has 0 saturated carbocycles. The third kappa shape index (κ3) is 16.0. The predicted molar refractivity (Wildman–Crippen MR) is 308 cm³/mol. The third-order valence-electron chi connectivity index (χ3n) is 13.6. The van der Waals surface area contributed by atoms with Crippen LogP contribution >= 0.6 is 35.3 Å². The topological polar surface area (TPSA) is 260 Å². The SMILES string of the molecule is C=CN1CCCC1=O.N#CSc1ccc(N)cc1.N#CSc1ccc2c(c1)[C@@H](N1CCCC1=O)C[C@@H](c1cccc(O)c1)N2.N#CSc1ccc2c(c1)[C@@H](N1CCCC1=O)C[C@@H](c1cccc(O)c1)N2.O=Cc1cccc(O)c1. The molecule has 6 aromatic carbocycles. The number of fused-ring (bicyclic) bond motifs is 2. The summed E-state index contributed by atoms with van der Waals surface area (Å²) < 4.78 is 0. The Hall–Kier alpha value is -8.54. The maximum Gasteiger partial charge on any atom is 0.226 e. The molecule has 4 atom stereocenters. The van der Waals surface area contributed by atoms with E-state index in [0.29, 0.717) is 31.1 Å². The Balaban J connectivity index is 0.000000157. The Kier molecular flexibility index (Phi) is 21.1. The van der Waals surface area contributed by atoms with Crippen LogP contribution in [0.3, 0.4) is 0 Å². The van der Waals surface area contributed by atoms with Gasteiger partial charge in [0.05, 0.1) is 24.2 Å². The summed E-state index contributed by atoms with van der Waals surface area (Å²) in [5.41, 5.74) is 12.8. The minimum atomic E-state index is -0.0205. The number of amides is 3. The Morgan fingerprint density at radius 1 is 0.557 bits per heavy atom. The number of hydrogen-bond donors (Lipinski definition) is 6. The van der Waals surface area contributed by atoms with Gasteiger partial charge in [-0.2, -0.15) is 15.8 Å². The number of phenolic OH excluding ortho intramolecular Hbond substituents is 3. The van der Waals surface area contributed by atoms with Crippen LogP contribution in [0.4, 0.5) is 17.1 Å². The van der Waals surface area contributed by atoms with Crippen molar-refractivity contribution < 1.29 is 34.5 Å². The van der Waals surface area contributed by atoms with Crippen LogP contribution in [-0.4, -0.2) is 73.7 Å². The highest BCUT2D eigenvalue weighted by molar-refractivity contribution is 8.04. The van der Waals surface area contributed by atoms with Crippen LogP contribution in [0.15, 0.2) is 161 Å². The maximum atomic E-state index is 12.4. The summed E-state index contributed by atoms with van der Waals surface area (Å²) in [6.07, 6.45) is 8.44. The first-order chi connectivity index (χ1) is 38.3. The van der Waals surface area contributed by atoms with Crippen LogP contribution in [0.25, 0.3) is 0 Å². The molecule has 0 spiro atoms. The average molecular weight is 1110 g/mol. The number of thioether (sulfide) groups is 3. The number of nitrogens with two attached hydrogens (primary N) is 1. The van der Waals surface area contributed by atoms with Crippen LogP contribution in [-0.2, 0) is 14.4 Å². The molecular weight excluding hydrogens is 1050 g/mol. The zero-order valence-corrected chi connectivity index (χ0v) is 45.6. The number of thiocyanates is 3. The van der Waals surface area contributed by atoms with Crippen molar-refractivity contribution in [2.75, 3.05) is 36.0 Å². The smallest absolute Gasteiger partial charge is 0.226 e. The van der Waals surface area contributed by atoms with Crippen molar-refractivity contribution in [1.82, 2.24) is 14.7 Å². The number of aldehydes is 1. The van der Waals surface area contributed by atoms with E-state index < -0.39 is 0 Å². The average Bonchev–Trinajstić information content (AvgIpc) is 4.31. The summed E-state index contributed by atoms with van der Waals surface area (Å²) in [6.45, 7) is 5.90. The van der Waals surface area contributed by atoms with E-state index in [4.69, 9.17) is 26.6 Å². The molecule has 19 heteroatoms. The second-order valence-corrected chi connectivity index (χ2v) is 21.3. The number of aromatic hydroxyl groups is 3. The van der Waals surface area contributed by atoms with Gasteiger partial charge in [-0.3, -0.25) is 19.2 Å². The second kappa shape index (κ2) is 28.7. The van der Waals surface area contributed by atoms with Crippen LogP contribution < -0.4 is 16.4 Å². The fourth-order valence-corrected chi connectivity index (χ4v) is 11.1. The minimum Gasteiger partial charge on any atom is -0.508 e. The highest BCUT2D eigenvalue weighted by Gasteiger charge is 2.38. The molecular formula is C60H59N9O7S3. The number of nitriles is 3. The Labute approximate surface area is 472 Å². The number of carbonyl (C=O) groups excluding carboxylic acids is 4. The lowest BCUT2D eigenvalue weighted by Gasteiger charge is -2.38. The molecule has 6 aromatic rings. The van der Waals surface area contributed by atoms with Crippen molar-refractivity contribution in [2.45, 2.75) is 90.2 Å². The van der Waals surface area contributed by atoms with Crippen molar-refractivity contribution in [3.63, 3.8) is 0 Å². The number of rotatable bonds is 9. The van der Waals surface area contributed by atoms with Gasteiger partial charge in [0.15, 0.2) is 0 Å². The summed E-state index contributed by atoms with van der Waals surface area (Å²) in [4.78, 5) is 53.8. The first-order valence-corrected chi connectivity index (χ1v) is 27.9. The van der Waals surface area contributed by atoms with E-state index in [0.717, 1.165) is 141 Å². The number of nitrogens with one attached hydrogen (secondary N) is 2. The van der Waals surface area contributed by atoms with Crippen molar-refractivity contribution in [3.8, 4) is 33.5 Å². The molecule has 0 aromatic heterocycles. The van der Waals surface area contributed by atoms with Gasteiger partial charge >= 0.3 is 0 Å². The van der Waals surface area contributed by atoms with E-state index >= 15 is 0 Å². The van der Waals surface area contributed by atoms with Crippen molar-refractivity contribution in [2.24, 2.45) is 0 Å². The lowest BCUT2D eigenvalue weighted by Crippen LogP contribution is -2.35. The molecule has 11 rings (SSSR count). The Morgan fingerprint density at radius 3 is 1.35 bits per heavy atom. The summed E-state index contributed by atoms with van der Waals surface area (Å²) >= 11 is 3.40. The lowest BCUT2D eigenvalue weighted by molar-refractivity contribution is -0.130. The number of carbonyl (C=O) groups is 4. The third-order valence-corrected chi connectivity index (χ3v) is 15.3. The van der Waals surface area contributed by atoms with Gasteiger partial charge in [0.2, 0.25) is 17.7 Å². The minimum absolute atomic E-state index is 0.0162. The van der Waals surface area contributed by atoms with Gasteiger partial charge in [-0.1, -0.05) is 43.0 Å². The van der Waals surface area contributed by atoms with E-state index in [1.54, 1.807) is 59.6 Å². The molecule has 0 radical (unpaired) electrons. The monoisotopic (exact) mass is 1110 g/mol. The highest BCUT2D eigenvalue weighted by atomic mass is 32.2. The van der Waals surface area contributed by atoms with Gasteiger partial charge in [0.1, 0.15) is 39.7 Å². The number of likely N-dealkylation sites (tertiary alicyclic amines) is 3. The first-order valence-electron chi connectivity index (χ1n) is 25.5. The largest absolute Gasteiger partial charge is 0.508 e. The van der Waals surface area contributed by atoms with Crippen LogP contribution in [0.5, 0.6) is 17.2 Å². The van der Waals surface area contributed by atoms with Gasteiger partial charge in [-0.25, -0.2) is 0 Å². The van der Waals surface area contributed by atoms with E-state index in [-0.39, 0.29) is 59.1 Å². The zero-order chi connectivity index (χ0) is 56.3. The highest BCUT2D eigenvalue weighted by Crippen LogP contribution is 2.46. The van der Waals surface area contributed by atoms with E-state index in [2.05, 4.69) is 28.0 Å². The molecule has 0 bridgehead atoms. The van der Waals surface area contributed by atoms with Crippen LogP contribution in [0.2, 0.25) is 0 Å². The molecule has 5 aliphatic heterocycles. The van der Waals surface area contributed by atoms with Crippen molar-refractivity contribution >= 4 is 76.4 Å². The molecule has 3 fully saturated rings. The summed E-state index contributed by atoms with van der Waals surface area (Å²) in [5, 5.41) is 67.9. The van der Waals surface area contributed by atoms with Crippen molar-refractivity contribution in [3.05, 3.63) is 174 Å². The van der Waals surface area contributed by atoms with Crippen LogP contribution in [0.1, 0.15) is 108 Å².